The topological polar surface area (TPSA) is 49.4 Å². The van der Waals surface area contributed by atoms with E-state index in [1.54, 1.807) is 42.2 Å². The number of amides is 2. The molecule has 29 heavy (non-hydrogen) atoms. The lowest BCUT2D eigenvalue weighted by Crippen LogP contribution is -2.48. The fourth-order valence-corrected chi connectivity index (χ4v) is 3.28. The zero-order valence-electron chi connectivity index (χ0n) is 16.6. The summed E-state index contributed by atoms with van der Waals surface area (Å²) in [6.45, 7) is 4.70. The van der Waals surface area contributed by atoms with Crippen molar-refractivity contribution in [1.82, 2.24) is 10.2 Å². The van der Waals surface area contributed by atoms with Crippen LogP contribution in [0.2, 0.25) is 15.1 Å². The number of rotatable bonds is 9. The Morgan fingerprint density at radius 3 is 2.28 bits per heavy atom. The predicted molar refractivity (Wildman–Crippen MR) is 120 cm³/mol. The molecule has 1 N–H and O–H groups in total. The second-order valence-corrected chi connectivity index (χ2v) is 8.14. The van der Waals surface area contributed by atoms with Crippen LogP contribution in [0.15, 0.2) is 42.5 Å². The number of carbonyl (C=O) groups excluding carboxylic acids is 2. The molecule has 0 aliphatic carbocycles. The van der Waals surface area contributed by atoms with E-state index in [9.17, 15) is 9.59 Å². The third-order valence-corrected chi connectivity index (χ3v) is 5.59. The Balaban J connectivity index is 2.19. The minimum atomic E-state index is -0.613. The van der Waals surface area contributed by atoms with E-state index in [0.29, 0.717) is 28.2 Å². The molecule has 1 atom stereocenters. The number of nitrogens with zero attached hydrogens (tertiary/aromatic N) is 1. The van der Waals surface area contributed by atoms with E-state index in [0.717, 1.165) is 24.0 Å². The van der Waals surface area contributed by atoms with Crippen LogP contribution in [0.1, 0.15) is 37.8 Å². The summed E-state index contributed by atoms with van der Waals surface area (Å²) in [6, 6.07) is 11.7. The van der Waals surface area contributed by atoms with Crippen LogP contribution >= 0.6 is 34.8 Å². The first-order valence-corrected chi connectivity index (χ1v) is 10.7. The Hall–Kier alpha value is -1.75. The summed E-state index contributed by atoms with van der Waals surface area (Å²) in [6.07, 6.45) is 2.00. The molecule has 2 amide bonds. The van der Waals surface area contributed by atoms with Gasteiger partial charge in [-0.3, -0.25) is 9.59 Å². The molecule has 0 spiro atoms. The van der Waals surface area contributed by atoms with Crippen molar-refractivity contribution < 1.29 is 9.59 Å². The highest BCUT2D eigenvalue weighted by atomic mass is 35.5. The zero-order chi connectivity index (χ0) is 21.4. The lowest BCUT2D eigenvalue weighted by Gasteiger charge is -2.29. The standard InChI is InChI=1S/C22H25Cl3N2O2/c1-3-4-11-26-22(29)15(2)27(14-16-5-8-18(23)9-6-16)21(28)13-17-7-10-19(24)20(25)12-17/h5-10,12,15H,3-4,11,13-14H2,1-2H3,(H,26,29)/t15-/m0/s1. The summed E-state index contributed by atoms with van der Waals surface area (Å²) < 4.78 is 0. The van der Waals surface area contributed by atoms with E-state index >= 15 is 0 Å². The summed E-state index contributed by atoms with van der Waals surface area (Å²) in [5, 5.41) is 4.35. The van der Waals surface area contributed by atoms with Crippen molar-refractivity contribution in [3.63, 3.8) is 0 Å². The minimum Gasteiger partial charge on any atom is -0.354 e. The van der Waals surface area contributed by atoms with Crippen molar-refractivity contribution in [2.75, 3.05) is 6.54 Å². The molecule has 0 aromatic heterocycles. The minimum absolute atomic E-state index is 0.122. The fraction of sp³-hybridized carbons (Fsp3) is 0.364. The molecule has 0 saturated heterocycles. The third kappa shape index (κ3) is 7.22. The predicted octanol–water partition coefficient (Wildman–Crippen LogP) is 5.52. The molecule has 156 valence electrons. The van der Waals surface area contributed by atoms with Crippen molar-refractivity contribution in [1.29, 1.82) is 0 Å². The number of hydrogen-bond acceptors (Lipinski definition) is 2. The maximum atomic E-state index is 13.1. The van der Waals surface area contributed by atoms with Gasteiger partial charge in [0.1, 0.15) is 6.04 Å². The van der Waals surface area contributed by atoms with E-state index in [2.05, 4.69) is 12.2 Å². The summed E-state index contributed by atoms with van der Waals surface area (Å²) in [7, 11) is 0. The Morgan fingerprint density at radius 1 is 1.00 bits per heavy atom. The van der Waals surface area contributed by atoms with Gasteiger partial charge in [-0.25, -0.2) is 0 Å². The van der Waals surface area contributed by atoms with Gasteiger partial charge in [-0.1, -0.05) is 66.3 Å². The highest BCUT2D eigenvalue weighted by Crippen LogP contribution is 2.23. The fourth-order valence-electron chi connectivity index (χ4n) is 2.83. The van der Waals surface area contributed by atoms with Gasteiger partial charge in [0.2, 0.25) is 11.8 Å². The first-order chi connectivity index (χ1) is 13.8. The average molecular weight is 456 g/mol. The van der Waals surface area contributed by atoms with Crippen molar-refractivity contribution >= 4 is 46.6 Å². The summed E-state index contributed by atoms with van der Waals surface area (Å²) in [5.74, 6) is -0.341. The van der Waals surface area contributed by atoms with Gasteiger partial charge in [-0.05, 0) is 48.7 Å². The maximum Gasteiger partial charge on any atom is 0.242 e. The van der Waals surface area contributed by atoms with Gasteiger partial charge in [0.05, 0.1) is 16.5 Å². The third-order valence-electron chi connectivity index (χ3n) is 4.60. The van der Waals surface area contributed by atoms with E-state index in [1.807, 2.05) is 12.1 Å². The molecule has 0 fully saturated rings. The van der Waals surface area contributed by atoms with Crippen molar-refractivity contribution in [3.8, 4) is 0 Å². The van der Waals surface area contributed by atoms with Gasteiger partial charge in [0.25, 0.3) is 0 Å². The first kappa shape index (κ1) is 23.5. The van der Waals surface area contributed by atoms with Crippen LogP contribution in [0.5, 0.6) is 0 Å². The summed E-state index contributed by atoms with van der Waals surface area (Å²) >= 11 is 18.0. The van der Waals surface area contributed by atoms with E-state index in [-0.39, 0.29) is 18.2 Å². The molecule has 2 rings (SSSR count). The van der Waals surface area contributed by atoms with Gasteiger partial charge < -0.3 is 10.2 Å². The molecule has 0 bridgehead atoms. The van der Waals surface area contributed by atoms with Gasteiger partial charge in [-0.15, -0.1) is 0 Å². The number of unbranched alkanes of at least 4 members (excludes halogenated alkanes) is 1. The average Bonchev–Trinajstić information content (AvgIpc) is 2.69. The van der Waals surface area contributed by atoms with E-state index < -0.39 is 6.04 Å². The molecule has 2 aromatic carbocycles. The molecule has 0 unspecified atom stereocenters. The number of halogens is 3. The molecular weight excluding hydrogens is 431 g/mol. The van der Waals surface area contributed by atoms with Crippen LogP contribution < -0.4 is 5.32 Å². The molecule has 0 heterocycles. The number of benzene rings is 2. The monoisotopic (exact) mass is 454 g/mol. The van der Waals surface area contributed by atoms with Gasteiger partial charge in [0.15, 0.2) is 0 Å². The van der Waals surface area contributed by atoms with Crippen LogP contribution in [0.4, 0.5) is 0 Å². The van der Waals surface area contributed by atoms with Crippen LogP contribution in [-0.4, -0.2) is 29.3 Å². The van der Waals surface area contributed by atoms with Gasteiger partial charge >= 0.3 is 0 Å². The SMILES string of the molecule is CCCCNC(=O)[C@H](C)N(Cc1ccc(Cl)cc1)C(=O)Cc1ccc(Cl)c(Cl)c1. The number of hydrogen-bond donors (Lipinski definition) is 1. The quantitative estimate of drug-likeness (QED) is 0.506. The van der Waals surface area contributed by atoms with Crippen LogP contribution in [0.25, 0.3) is 0 Å². The zero-order valence-corrected chi connectivity index (χ0v) is 18.8. The number of carbonyl (C=O) groups is 2. The smallest absolute Gasteiger partial charge is 0.242 e. The summed E-state index contributed by atoms with van der Waals surface area (Å²) in [5.41, 5.74) is 1.63. The molecule has 0 radical (unpaired) electrons. The Bertz CT molecular complexity index is 840. The molecule has 4 nitrogen and oxygen atoms in total. The van der Waals surface area contributed by atoms with Crippen molar-refractivity contribution in [2.45, 2.75) is 45.7 Å². The first-order valence-electron chi connectivity index (χ1n) is 9.57. The molecule has 7 heteroatoms. The van der Waals surface area contributed by atoms with Crippen LogP contribution in [0.3, 0.4) is 0 Å². The second-order valence-electron chi connectivity index (χ2n) is 6.89. The van der Waals surface area contributed by atoms with Crippen LogP contribution in [0, 0.1) is 0 Å². The lowest BCUT2D eigenvalue weighted by molar-refractivity contribution is -0.140. The lowest BCUT2D eigenvalue weighted by atomic mass is 10.1. The van der Waals surface area contributed by atoms with Gasteiger partial charge in [0, 0.05) is 18.1 Å². The normalized spacial score (nSPS) is 11.8. The number of nitrogens with one attached hydrogen (secondary N) is 1. The molecule has 0 saturated carbocycles. The van der Waals surface area contributed by atoms with Gasteiger partial charge in [-0.2, -0.15) is 0 Å². The Kier molecular flexibility index (Phi) is 9.28. The molecule has 0 aliphatic rings. The van der Waals surface area contributed by atoms with Crippen molar-refractivity contribution in [3.05, 3.63) is 68.7 Å². The molecule has 0 aliphatic heterocycles. The van der Waals surface area contributed by atoms with Crippen molar-refractivity contribution in [2.24, 2.45) is 0 Å². The summed E-state index contributed by atoms with van der Waals surface area (Å²) in [4.78, 5) is 27.3. The maximum absolute atomic E-state index is 13.1. The van der Waals surface area contributed by atoms with E-state index in [1.165, 1.54) is 0 Å². The Morgan fingerprint density at radius 2 is 1.66 bits per heavy atom. The van der Waals surface area contributed by atoms with E-state index in [4.69, 9.17) is 34.8 Å². The largest absolute Gasteiger partial charge is 0.354 e. The molecule has 2 aromatic rings. The highest BCUT2D eigenvalue weighted by Gasteiger charge is 2.26. The second kappa shape index (κ2) is 11.4. The molecular formula is C22H25Cl3N2O2. The highest BCUT2D eigenvalue weighted by molar-refractivity contribution is 6.42. The Labute approximate surface area is 187 Å². The van der Waals surface area contributed by atoms with Crippen LogP contribution in [-0.2, 0) is 22.6 Å².